The standard InChI is InChI=1S/C15H15NO3/c17-14(16-11-4-2-1-3-5-11)12-9-6-7-10(8-9)13(12)15(18)19/h1-7,9-10,12-13H,8H2,(H,16,17)(H,18,19)/p-1/t9-,10+,12-,13+/m0/s1. The maximum atomic E-state index is 12.3. The lowest BCUT2D eigenvalue weighted by atomic mass is 9.82. The van der Waals surface area contributed by atoms with E-state index in [1.807, 2.05) is 30.4 Å². The van der Waals surface area contributed by atoms with E-state index < -0.39 is 17.8 Å². The molecule has 1 aromatic carbocycles. The zero-order valence-corrected chi connectivity index (χ0v) is 10.3. The summed E-state index contributed by atoms with van der Waals surface area (Å²) in [5.41, 5.74) is 0.691. The van der Waals surface area contributed by atoms with Crippen molar-refractivity contribution in [3.8, 4) is 0 Å². The monoisotopic (exact) mass is 256 g/mol. The average Bonchev–Trinajstić information content (AvgIpc) is 2.99. The number of benzene rings is 1. The van der Waals surface area contributed by atoms with E-state index in [9.17, 15) is 14.7 Å². The summed E-state index contributed by atoms with van der Waals surface area (Å²) < 4.78 is 0. The van der Waals surface area contributed by atoms with Gasteiger partial charge in [0.1, 0.15) is 0 Å². The van der Waals surface area contributed by atoms with Crippen LogP contribution in [-0.4, -0.2) is 11.9 Å². The molecule has 4 heteroatoms. The minimum atomic E-state index is -1.12. The summed E-state index contributed by atoms with van der Waals surface area (Å²) in [7, 11) is 0. The molecule has 1 fully saturated rings. The molecule has 0 heterocycles. The molecule has 2 aliphatic rings. The fraction of sp³-hybridized carbons (Fsp3) is 0.333. The van der Waals surface area contributed by atoms with E-state index in [1.54, 1.807) is 12.1 Å². The molecule has 3 rings (SSSR count). The Morgan fingerprint density at radius 1 is 1.05 bits per heavy atom. The molecule has 0 saturated heterocycles. The minimum Gasteiger partial charge on any atom is -0.550 e. The zero-order chi connectivity index (χ0) is 13.4. The van der Waals surface area contributed by atoms with Crippen molar-refractivity contribution in [1.82, 2.24) is 0 Å². The highest BCUT2D eigenvalue weighted by molar-refractivity contribution is 5.96. The molecule has 98 valence electrons. The van der Waals surface area contributed by atoms with Crippen LogP contribution in [0.15, 0.2) is 42.5 Å². The lowest BCUT2D eigenvalue weighted by molar-refractivity contribution is -0.313. The smallest absolute Gasteiger partial charge is 0.228 e. The van der Waals surface area contributed by atoms with Crippen molar-refractivity contribution < 1.29 is 14.7 Å². The van der Waals surface area contributed by atoms with Gasteiger partial charge in [-0.1, -0.05) is 30.4 Å². The molecule has 2 aliphatic carbocycles. The van der Waals surface area contributed by atoms with Crippen LogP contribution in [0.25, 0.3) is 0 Å². The fourth-order valence-corrected chi connectivity index (χ4v) is 3.25. The SMILES string of the molecule is O=C(Nc1ccccc1)[C@@H]1[C@H](C(=O)[O-])[C@@H]2C=C[C@H]1C2. The van der Waals surface area contributed by atoms with E-state index in [1.165, 1.54) is 0 Å². The van der Waals surface area contributed by atoms with Gasteiger partial charge in [-0.25, -0.2) is 0 Å². The van der Waals surface area contributed by atoms with Gasteiger partial charge in [0, 0.05) is 17.6 Å². The van der Waals surface area contributed by atoms with Crippen LogP contribution in [0.3, 0.4) is 0 Å². The third-order valence-corrected chi connectivity index (χ3v) is 4.08. The number of hydrogen-bond donors (Lipinski definition) is 1. The van der Waals surface area contributed by atoms with Gasteiger partial charge in [0.15, 0.2) is 0 Å². The van der Waals surface area contributed by atoms with Crippen molar-refractivity contribution in [2.45, 2.75) is 6.42 Å². The van der Waals surface area contributed by atoms with Crippen LogP contribution in [0.1, 0.15) is 6.42 Å². The van der Waals surface area contributed by atoms with Gasteiger partial charge in [0.2, 0.25) is 5.91 Å². The maximum Gasteiger partial charge on any atom is 0.228 e. The second-order valence-corrected chi connectivity index (χ2v) is 5.17. The van der Waals surface area contributed by atoms with E-state index in [-0.39, 0.29) is 17.7 Å². The molecule has 0 radical (unpaired) electrons. The van der Waals surface area contributed by atoms with Crippen molar-refractivity contribution in [3.63, 3.8) is 0 Å². The number of anilines is 1. The van der Waals surface area contributed by atoms with E-state index in [4.69, 9.17) is 0 Å². The van der Waals surface area contributed by atoms with Gasteiger partial charge >= 0.3 is 0 Å². The molecular weight excluding hydrogens is 242 g/mol. The molecule has 1 amide bonds. The van der Waals surface area contributed by atoms with Crippen molar-refractivity contribution in [1.29, 1.82) is 0 Å². The van der Waals surface area contributed by atoms with Gasteiger partial charge in [-0.15, -0.1) is 0 Å². The Hall–Kier alpha value is -2.10. The molecule has 4 atom stereocenters. The van der Waals surface area contributed by atoms with Gasteiger partial charge in [-0.3, -0.25) is 4.79 Å². The molecule has 2 bridgehead atoms. The Balaban J connectivity index is 1.79. The third kappa shape index (κ3) is 2.03. The lowest BCUT2D eigenvalue weighted by Gasteiger charge is -2.27. The minimum absolute atomic E-state index is 0.0246. The number of carbonyl (C=O) groups is 2. The summed E-state index contributed by atoms with van der Waals surface area (Å²) in [5.74, 6) is -2.58. The molecule has 0 spiro atoms. The number of aliphatic carboxylic acids is 1. The van der Waals surface area contributed by atoms with E-state index in [0.717, 1.165) is 6.42 Å². The van der Waals surface area contributed by atoms with Crippen LogP contribution in [0.2, 0.25) is 0 Å². The number of carboxylic acid groups (broad SMARTS) is 1. The summed E-state index contributed by atoms with van der Waals surface area (Å²) in [6.07, 6.45) is 4.60. The number of rotatable bonds is 3. The molecule has 19 heavy (non-hydrogen) atoms. The number of carbonyl (C=O) groups excluding carboxylic acids is 2. The number of hydrogen-bond acceptors (Lipinski definition) is 3. The molecule has 0 unspecified atom stereocenters. The Morgan fingerprint density at radius 3 is 2.32 bits per heavy atom. The first-order valence-corrected chi connectivity index (χ1v) is 6.42. The highest BCUT2D eigenvalue weighted by atomic mass is 16.4. The number of carboxylic acids is 1. The Morgan fingerprint density at radius 2 is 1.68 bits per heavy atom. The van der Waals surface area contributed by atoms with Crippen LogP contribution in [0.5, 0.6) is 0 Å². The highest BCUT2D eigenvalue weighted by Gasteiger charge is 2.48. The molecule has 0 aromatic heterocycles. The van der Waals surface area contributed by atoms with E-state index >= 15 is 0 Å². The van der Waals surface area contributed by atoms with Crippen LogP contribution in [-0.2, 0) is 9.59 Å². The molecule has 4 nitrogen and oxygen atoms in total. The van der Waals surface area contributed by atoms with Gasteiger partial charge < -0.3 is 15.2 Å². The molecule has 1 N–H and O–H groups in total. The predicted molar refractivity (Wildman–Crippen MR) is 67.8 cm³/mol. The molecule has 0 aliphatic heterocycles. The number of para-hydroxylation sites is 1. The normalized spacial score (nSPS) is 31.4. The quantitative estimate of drug-likeness (QED) is 0.814. The average molecular weight is 256 g/mol. The second kappa shape index (κ2) is 4.53. The Bertz CT molecular complexity index is 538. The van der Waals surface area contributed by atoms with Gasteiger partial charge in [0.25, 0.3) is 0 Å². The summed E-state index contributed by atoms with van der Waals surface area (Å²) in [6.45, 7) is 0. The van der Waals surface area contributed by atoms with Crippen LogP contribution < -0.4 is 10.4 Å². The largest absolute Gasteiger partial charge is 0.550 e. The van der Waals surface area contributed by atoms with Crippen molar-refractivity contribution >= 4 is 17.6 Å². The molecule has 1 saturated carbocycles. The summed E-state index contributed by atoms with van der Waals surface area (Å²) >= 11 is 0. The van der Waals surface area contributed by atoms with Crippen LogP contribution >= 0.6 is 0 Å². The van der Waals surface area contributed by atoms with E-state index in [2.05, 4.69) is 5.32 Å². The number of nitrogens with one attached hydrogen (secondary N) is 1. The Kier molecular flexibility index (Phi) is 2.85. The number of fused-ring (bicyclic) bond motifs is 2. The van der Waals surface area contributed by atoms with Crippen LogP contribution in [0.4, 0.5) is 5.69 Å². The number of amides is 1. The number of allylic oxidation sites excluding steroid dienone is 2. The maximum absolute atomic E-state index is 12.3. The van der Waals surface area contributed by atoms with Crippen molar-refractivity contribution in [2.75, 3.05) is 5.32 Å². The first-order valence-electron chi connectivity index (χ1n) is 6.42. The summed E-state index contributed by atoms with van der Waals surface area (Å²) in [5, 5.41) is 14.0. The lowest BCUT2D eigenvalue weighted by Crippen LogP contribution is -2.42. The first-order chi connectivity index (χ1) is 9.16. The summed E-state index contributed by atoms with van der Waals surface area (Å²) in [4.78, 5) is 23.5. The highest BCUT2D eigenvalue weighted by Crippen LogP contribution is 2.48. The molecule has 1 aromatic rings. The van der Waals surface area contributed by atoms with E-state index in [0.29, 0.717) is 5.69 Å². The van der Waals surface area contributed by atoms with Crippen molar-refractivity contribution in [3.05, 3.63) is 42.5 Å². The summed E-state index contributed by atoms with van der Waals surface area (Å²) in [6, 6.07) is 9.09. The van der Waals surface area contributed by atoms with Crippen molar-refractivity contribution in [2.24, 2.45) is 23.7 Å². The third-order valence-electron chi connectivity index (χ3n) is 4.08. The van der Waals surface area contributed by atoms with Gasteiger partial charge in [0.05, 0.1) is 5.92 Å². The van der Waals surface area contributed by atoms with Crippen LogP contribution in [0, 0.1) is 23.7 Å². The first kappa shape index (κ1) is 12.0. The second-order valence-electron chi connectivity index (χ2n) is 5.17. The predicted octanol–water partition coefficient (Wildman–Crippen LogP) is 0.813. The van der Waals surface area contributed by atoms with Gasteiger partial charge in [-0.05, 0) is 30.4 Å². The Labute approximate surface area is 111 Å². The van der Waals surface area contributed by atoms with Gasteiger partial charge in [-0.2, -0.15) is 0 Å². The zero-order valence-electron chi connectivity index (χ0n) is 10.3. The topological polar surface area (TPSA) is 69.2 Å². The molecular formula is C15H14NO3-. The fourth-order valence-electron chi connectivity index (χ4n) is 3.25.